The molecule has 2 aliphatic heterocycles. The van der Waals surface area contributed by atoms with Crippen LogP contribution in [0.15, 0.2) is 399 Å². The number of benzene rings is 19. The summed E-state index contributed by atoms with van der Waals surface area (Å²) in [7, 11) is 0. The molecule has 0 amide bonds. The van der Waals surface area contributed by atoms with Gasteiger partial charge in [0.15, 0.2) is 0 Å². The van der Waals surface area contributed by atoms with Gasteiger partial charge in [0.25, 0.3) is 6.71 Å². The molecule has 0 fully saturated rings. The summed E-state index contributed by atoms with van der Waals surface area (Å²) in [5.41, 5.74) is -19.2. The van der Waals surface area contributed by atoms with Gasteiger partial charge in [-0.05, 0) is 177 Å². The molecular formula is C110H75BN4. The quantitative estimate of drug-likeness (QED) is 0.100. The predicted molar refractivity (Wildman–Crippen MR) is 490 cm³/mol. The zero-order chi connectivity index (χ0) is 123. The molecule has 21 aromatic rings. The fourth-order valence-electron chi connectivity index (χ4n) is 16.5. The van der Waals surface area contributed by atoms with E-state index in [9.17, 15) is 71.3 Å². The van der Waals surface area contributed by atoms with Crippen molar-refractivity contribution in [2.75, 3.05) is 9.80 Å². The van der Waals surface area contributed by atoms with Crippen molar-refractivity contribution >= 4 is 144 Å². The summed E-state index contributed by atoms with van der Waals surface area (Å²) in [6.07, 6.45) is 0. The third-order valence-corrected chi connectivity index (χ3v) is 21.2. The summed E-state index contributed by atoms with van der Waals surface area (Å²) in [4.78, 5) is 2.42. The van der Waals surface area contributed by atoms with Crippen LogP contribution in [-0.4, -0.2) is 15.8 Å². The standard InChI is InChI=1S/C110H75BN4/c1-110(2,3)78-66-101-105-102(67-78)115(107-93(74-42-18-8-19-43-74)64-77(71-36-12-5-13-37-71)65-94(107)75-44-20-9-21-45-75)100-69-80(113-98-57-33-31-55-90(98)104-86-51-27-23-47-82(86)84-49-25-29-53-88(84)109(104)113)59-61-96(100)111(105)95-60-58-79(112-97-56-32-30-54-89(97)103-85-50-26-22-46-81(85)83-48-24-28-52-87(83)108(103)112)68-99(95)114(101)106-91(72-38-14-6-15-39-72)62-76(70-34-10-4-11-35-70)63-92(106)73-40-16-7-17-41-73/h4-69H,1-3H3/i4D,5D,6D,7D,8D,9D,10D,11D,12D,13D,14D,15D,16D,17D,18D,19D,20D,21D,22D,23D,24D,25D,26D,27D,28D,29D,30D,31D,32D,33D,34D,35D,36D,37D,38D,39D,40D,41D,42D,43D,44D,45D,46D,47D,48D,49D,50D,51D,52D,53D,54D,55D,56D,57D. The lowest BCUT2D eigenvalue weighted by Crippen LogP contribution is -2.61. The fraction of sp³-hybridized carbons (Fsp3) is 0.0364. The van der Waals surface area contributed by atoms with Crippen LogP contribution in [0.1, 0.15) is 100 Å². The first-order chi connectivity index (χ1) is 79.1. The summed E-state index contributed by atoms with van der Waals surface area (Å²) in [6, 6.07) is -42.3. The van der Waals surface area contributed by atoms with Gasteiger partial charge in [-0.1, -0.05) is 347 Å². The summed E-state index contributed by atoms with van der Waals surface area (Å²) in [5.74, 6) is 0. The number of rotatable bonds is 10. The van der Waals surface area contributed by atoms with E-state index in [1.54, 1.807) is 20.8 Å². The minimum Gasteiger partial charge on any atom is -0.310 e. The SMILES string of the molecule is [2H]c1c([2H])c([2H])c(-c2cc(-c3c([2H])c([2H])c([2H])c([2H])c3[2H])c(N3c4cc(-n5c6c([2H])c([2H])c([2H])c([2H])c6c6c7c([2H])c([2H])c([2H])c([2H])c7c7c([2H])c([2H])c([2H])c([2H])c7c65)ccc4B4c5ccc(-n6c7c([2H])c([2H])c([2H])c([2H])c7c7c8c([2H])c([2H])c([2H])c([2H])c8c8c([2H])c([2H])c([2H])c([2H])c8c76)cc5N(c5c(-c6c([2H])c([2H])c([2H])c([2H])c6[2H])cc(-c6c([2H])c([2H])c([2H])c([2H])c6[2H])cc5-c5c([2H])c([2H])c([2H])c([2H])c5[2H])c5cc(C(C)(C)C)cc3c54)c(-c3c([2H])c([2H])c([2H])c([2H])c3[2H])c2)c([2H])c1[2H]. The lowest BCUT2D eigenvalue weighted by Gasteiger charge is -2.46. The highest BCUT2D eigenvalue weighted by Gasteiger charge is 2.47. The predicted octanol–water partition coefficient (Wildman–Crippen LogP) is 27.9. The third-order valence-electron chi connectivity index (χ3n) is 21.2. The minimum atomic E-state index is -1.90. The Morgan fingerprint density at radius 3 is 0.861 bits per heavy atom. The van der Waals surface area contributed by atoms with E-state index in [1.165, 1.54) is 58.3 Å². The van der Waals surface area contributed by atoms with Crippen LogP contribution in [0.3, 0.4) is 0 Å². The largest absolute Gasteiger partial charge is 0.310 e. The van der Waals surface area contributed by atoms with Gasteiger partial charge in [0.05, 0.1) is 107 Å². The van der Waals surface area contributed by atoms with Crippen LogP contribution in [0.2, 0.25) is 0 Å². The van der Waals surface area contributed by atoms with Gasteiger partial charge < -0.3 is 18.9 Å². The van der Waals surface area contributed by atoms with Crippen LogP contribution >= 0.6 is 0 Å². The van der Waals surface area contributed by atoms with Crippen molar-refractivity contribution in [3.05, 3.63) is 405 Å². The van der Waals surface area contributed by atoms with E-state index >= 15 is 0 Å². The van der Waals surface area contributed by atoms with Gasteiger partial charge in [0.1, 0.15) is 0 Å². The van der Waals surface area contributed by atoms with Crippen molar-refractivity contribution < 1.29 is 74.0 Å². The second-order valence-corrected chi connectivity index (χ2v) is 28.2. The third kappa shape index (κ3) is 10.3. The number of hydrogen-bond donors (Lipinski definition) is 0. The highest BCUT2D eigenvalue weighted by Crippen LogP contribution is 2.57. The van der Waals surface area contributed by atoms with Crippen LogP contribution in [0.5, 0.6) is 0 Å². The first kappa shape index (κ1) is 31.9. The molecule has 0 radical (unpaired) electrons. The first-order valence-corrected chi connectivity index (χ1v) is 35.7. The number of nitrogens with zero attached hydrogens (tertiary/aromatic N) is 4. The maximum Gasteiger partial charge on any atom is 0.252 e. The number of para-hydroxylation sites is 2. The Balaban J connectivity index is 1.04. The maximum absolute atomic E-state index is 10.4. The molecule has 4 nitrogen and oxygen atoms in total. The molecule has 0 atom stereocenters. The van der Waals surface area contributed by atoms with Gasteiger partial charge in [-0.3, -0.25) is 0 Å². The molecule has 5 heteroatoms. The fourth-order valence-corrected chi connectivity index (χ4v) is 16.5. The Morgan fingerprint density at radius 2 is 0.530 bits per heavy atom. The zero-order valence-electron chi connectivity index (χ0n) is 114. The molecule has 19 aromatic carbocycles. The Kier molecular flexibility index (Phi) is 7.23. The normalized spacial score (nSPS) is 19.2. The monoisotopic (exact) mass is 1520 g/mol. The van der Waals surface area contributed by atoms with Crippen LogP contribution < -0.4 is 26.2 Å². The summed E-state index contributed by atoms with van der Waals surface area (Å²) in [5, 5.41) is -7.27. The topological polar surface area (TPSA) is 16.3 Å². The van der Waals surface area contributed by atoms with Crippen LogP contribution in [-0.2, 0) is 5.41 Å². The smallest absolute Gasteiger partial charge is 0.252 e. The minimum absolute atomic E-state index is 0.0472. The molecule has 115 heavy (non-hydrogen) atoms. The molecule has 538 valence electrons. The number of fused-ring (bicyclic) bond motifs is 20. The number of anilines is 6. The second kappa shape index (κ2) is 26.0. The molecule has 0 aliphatic carbocycles. The highest BCUT2D eigenvalue weighted by molar-refractivity contribution is 7.00. The summed E-state index contributed by atoms with van der Waals surface area (Å²) < 4.78 is 531. The van der Waals surface area contributed by atoms with E-state index in [1.807, 2.05) is 0 Å². The molecule has 0 unspecified atom stereocenters. The molecule has 0 bridgehead atoms. The second-order valence-electron chi connectivity index (χ2n) is 28.2. The Bertz CT molecular complexity index is 10100. The van der Waals surface area contributed by atoms with E-state index in [2.05, 4.69) is 0 Å². The maximum atomic E-state index is 10.4. The lowest BCUT2D eigenvalue weighted by atomic mass is 9.33. The van der Waals surface area contributed by atoms with Crippen LogP contribution in [0.25, 0.3) is 165 Å². The summed E-state index contributed by atoms with van der Waals surface area (Å²) in [6.45, 7) is 2.92. The molecule has 2 aliphatic rings. The average molecular weight is 1520 g/mol. The van der Waals surface area contributed by atoms with E-state index < -0.39 is 537 Å². The van der Waals surface area contributed by atoms with Crippen molar-refractivity contribution in [3.63, 3.8) is 0 Å². The molecular weight excluding hydrogens is 1390 g/mol. The van der Waals surface area contributed by atoms with E-state index in [0.717, 1.165) is 33.4 Å². The van der Waals surface area contributed by atoms with Crippen molar-refractivity contribution in [1.29, 1.82) is 0 Å². The molecule has 2 aromatic heterocycles. The van der Waals surface area contributed by atoms with Gasteiger partial charge in [-0.15, -0.1) is 0 Å². The van der Waals surface area contributed by atoms with Gasteiger partial charge in [0.2, 0.25) is 0 Å². The van der Waals surface area contributed by atoms with E-state index in [4.69, 9.17) is 2.74 Å². The van der Waals surface area contributed by atoms with Gasteiger partial charge in [-0.25, -0.2) is 0 Å². The van der Waals surface area contributed by atoms with E-state index in [-0.39, 0.29) is 22.0 Å². The molecule has 4 heterocycles. The van der Waals surface area contributed by atoms with Crippen LogP contribution in [0.4, 0.5) is 34.1 Å². The van der Waals surface area contributed by atoms with Crippen molar-refractivity contribution in [1.82, 2.24) is 9.13 Å². The highest BCUT2D eigenvalue weighted by atomic mass is 15.2. The lowest BCUT2D eigenvalue weighted by molar-refractivity contribution is 0.590. The van der Waals surface area contributed by atoms with Gasteiger partial charge >= 0.3 is 0 Å². The summed E-state index contributed by atoms with van der Waals surface area (Å²) >= 11 is 0. The van der Waals surface area contributed by atoms with Crippen LogP contribution in [0, 0.1) is 0 Å². The average Bonchev–Trinajstić information content (AvgIpc) is 0.781. The van der Waals surface area contributed by atoms with E-state index in [0.29, 0.717) is 0 Å². The Hall–Kier alpha value is -14.5. The number of aromatic nitrogens is 2. The van der Waals surface area contributed by atoms with Gasteiger partial charge in [-0.2, -0.15) is 0 Å². The molecule has 0 saturated carbocycles. The molecule has 0 saturated heterocycles. The first-order valence-electron chi connectivity index (χ1n) is 62.7. The zero-order valence-corrected chi connectivity index (χ0v) is 59.8. The number of hydrogen-bond acceptors (Lipinski definition) is 2. The van der Waals surface area contributed by atoms with Gasteiger partial charge in [0, 0.05) is 88.7 Å². The van der Waals surface area contributed by atoms with Crippen molar-refractivity contribution in [3.8, 4) is 78.1 Å². The Labute approximate surface area is 744 Å². The van der Waals surface area contributed by atoms with Crippen molar-refractivity contribution in [2.45, 2.75) is 26.2 Å². The Morgan fingerprint density at radius 1 is 0.252 bits per heavy atom. The van der Waals surface area contributed by atoms with Crippen molar-refractivity contribution in [2.24, 2.45) is 0 Å². The molecule has 0 N–H and O–H groups in total. The molecule has 23 rings (SSSR count). The molecule has 0 spiro atoms.